The highest BCUT2D eigenvalue weighted by Gasteiger charge is 2.17. The van der Waals surface area contributed by atoms with Crippen molar-refractivity contribution in [2.45, 2.75) is 13.5 Å². The molecule has 0 radical (unpaired) electrons. The number of aromatic nitrogens is 4. The number of ether oxygens (including phenoxy) is 1. The molecular weight excluding hydrogens is 384 g/mol. The molecule has 0 atom stereocenters. The van der Waals surface area contributed by atoms with Gasteiger partial charge in [-0.2, -0.15) is 4.68 Å². The average molecular weight is 399 g/mol. The lowest BCUT2D eigenvalue weighted by molar-refractivity contribution is -0.138. The van der Waals surface area contributed by atoms with Gasteiger partial charge < -0.3 is 4.74 Å². The molecule has 0 aliphatic rings. The van der Waals surface area contributed by atoms with Gasteiger partial charge in [0.2, 0.25) is 0 Å². The van der Waals surface area contributed by atoms with Gasteiger partial charge in [0.15, 0.2) is 11.5 Å². The Bertz CT molecular complexity index is 889. The van der Waals surface area contributed by atoms with E-state index in [4.69, 9.17) is 4.74 Å². The molecule has 1 aromatic heterocycles. The van der Waals surface area contributed by atoms with Crippen LogP contribution < -0.4 is 0 Å². The second kappa shape index (κ2) is 7.85. The maximum Gasteiger partial charge on any atom is 0.357 e. The first kappa shape index (κ1) is 17.0. The number of hydrogen-bond donors (Lipinski definition) is 0. The van der Waals surface area contributed by atoms with E-state index >= 15 is 0 Å². The number of carbonyl (C=O) groups is 1. The standard InChI is InChI=1S/C18H15BrN4O2/c1-13-20-21-22-23(13)17(11-14-5-3-2-4-6-14)18(24)25-12-15-7-9-16(19)10-8-15/h2-11H,12H2,1H3/b17-11+. The summed E-state index contributed by atoms with van der Waals surface area (Å²) in [5, 5.41) is 11.3. The lowest BCUT2D eigenvalue weighted by Gasteiger charge is -2.09. The highest BCUT2D eigenvalue weighted by Crippen LogP contribution is 2.16. The van der Waals surface area contributed by atoms with E-state index in [1.807, 2.05) is 54.6 Å². The van der Waals surface area contributed by atoms with E-state index in [0.29, 0.717) is 5.82 Å². The molecule has 0 amide bonds. The molecule has 0 unspecified atom stereocenters. The van der Waals surface area contributed by atoms with Gasteiger partial charge in [0.25, 0.3) is 0 Å². The van der Waals surface area contributed by atoms with Gasteiger partial charge in [-0.1, -0.05) is 58.4 Å². The Kier molecular flexibility index (Phi) is 5.35. The Morgan fingerprint density at radius 3 is 2.52 bits per heavy atom. The molecule has 0 fully saturated rings. The number of hydrogen-bond acceptors (Lipinski definition) is 5. The molecule has 0 aliphatic carbocycles. The molecule has 3 aromatic rings. The van der Waals surface area contributed by atoms with Crippen LogP contribution in [0.15, 0.2) is 59.1 Å². The summed E-state index contributed by atoms with van der Waals surface area (Å²) in [6.45, 7) is 1.89. The van der Waals surface area contributed by atoms with Gasteiger partial charge in [0.1, 0.15) is 6.61 Å². The second-order valence-electron chi connectivity index (χ2n) is 5.28. The SMILES string of the molecule is Cc1nnnn1/C(=C/c1ccccc1)C(=O)OCc1ccc(Br)cc1. The van der Waals surface area contributed by atoms with Crippen LogP contribution in [0.25, 0.3) is 11.8 Å². The first-order valence-corrected chi connectivity index (χ1v) is 8.36. The van der Waals surface area contributed by atoms with Gasteiger partial charge in [-0.15, -0.1) is 5.10 Å². The molecule has 0 N–H and O–H groups in total. The Morgan fingerprint density at radius 2 is 1.88 bits per heavy atom. The number of nitrogens with zero attached hydrogens (tertiary/aromatic N) is 4. The summed E-state index contributed by atoms with van der Waals surface area (Å²) < 4.78 is 7.78. The maximum absolute atomic E-state index is 12.6. The molecule has 3 rings (SSSR count). The van der Waals surface area contributed by atoms with E-state index in [2.05, 4.69) is 31.5 Å². The summed E-state index contributed by atoms with van der Waals surface area (Å²) in [5.74, 6) is 0.00458. The van der Waals surface area contributed by atoms with Crippen LogP contribution in [-0.4, -0.2) is 26.2 Å². The fourth-order valence-corrected chi connectivity index (χ4v) is 2.44. The van der Waals surface area contributed by atoms with Crippen molar-refractivity contribution in [3.8, 4) is 0 Å². The smallest absolute Gasteiger partial charge is 0.357 e. The summed E-state index contributed by atoms with van der Waals surface area (Å²) in [6.07, 6.45) is 1.70. The van der Waals surface area contributed by atoms with Crippen LogP contribution in [0.5, 0.6) is 0 Å². The molecular formula is C18H15BrN4O2. The van der Waals surface area contributed by atoms with Crippen molar-refractivity contribution in [1.29, 1.82) is 0 Å². The zero-order valence-electron chi connectivity index (χ0n) is 13.5. The van der Waals surface area contributed by atoms with Crippen molar-refractivity contribution in [3.63, 3.8) is 0 Å². The van der Waals surface area contributed by atoms with E-state index in [0.717, 1.165) is 15.6 Å². The quantitative estimate of drug-likeness (QED) is 0.485. The van der Waals surface area contributed by atoms with Crippen molar-refractivity contribution in [1.82, 2.24) is 20.2 Å². The summed E-state index contributed by atoms with van der Waals surface area (Å²) in [7, 11) is 0. The van der Waals surface area contributed by atoms with Crippen LogP contribution in [-0.2, 0) is 16.1 Å². The highest BCUT2D eigenvalue weighted by molar-refractivity contribution is 9.10. The monoisotopic (exact) mass is 398 g/mol. The van der Waals surface area contributed by atoms with E-state index in [-0.39, 0.29) is 12.3 Å². The number of rotatable bonds is 5. The van der Waals surface area contributed by atoms with E-state index in [9.17, 15) is 4.79 Å². The number of aryl methyl sites for hydroxylation is 1. The second-order valence-corrected chi connectivity index (χ2v) is 6.20. The molecule has 6 nitrogen and oxygen atoms in total. The largest absolute Gasteiger partial charge is 0.456 e. The van der Waals surface area contributed by atoms with Gasteiger partial charge in [0, 0.05) is 4.47 Å². The minimum Gasteiger partial charge on any atom is -0.456 e. The lowest BCUT2D eigenvalue weighted by atomic mass is 10.2. The molecule has 0 saturated heterocycles. The predicted octanol–water partition coefficient (Wildman–Crippen LogP) is 3.49. The topological polar surface area (TPSA) is 69.9 Å². The molecule has 0 bridgehead atoms. The highest BCUT2D eigenvalue weighted by atomic mass is 79.9. The van der Waals surface area contributed by atoms with Crippen molar-refractivity contribution in [3.05, 3.63) is 76.0 Å². The molecule has 1 heterocycles. The molecule has 2 aromatic carbocycles. The zero-order chi connectivity index (χ0) is 17.6. The minimum absolute atomic E-state index is 0.166. The molecule has 0 spiro atoms. The van der Waals surface area contributed by atoms with Gasteiger partial charge in [-0.05, 0) is 46.7 Å². The Hall–Kier alpha value is -2.80. The number of tetrazole rings is 1. The number of carbonyl (C=O) groups excluding carboxylic acids is 1. The Balaban J connectivity index is 1.84. The fourth-order valence-electron chi connectivity index (χ4n) is 2.17. The van der Waals surface area contributed by atoms with Crippen molar-refractivity contribution >= 4 is 33.7 Å². The third-order valence-electron chi connectivity index (χ3n) is 3.45. The maximum atomic E-state index is 12.6. The van der Waals surface area contributed by atoms with Crippen molar-refractivity contribution < 1.29 is 9.53 Å². The fraction of sp³-hybridized carbons (Fsp3) is 0.111. The number of esters is 1. The molecule has 25 heavy (non-hydrogen) atoms. The zero-order valence-corrected chi connectivity index (χ0v) is 15.0. The van der Waals surface area contributed by atoms with Crippen LogP contribution in [0, 0.1) is 6.92 Å². The van der Waals surface area contributed by atoms with Gasteiger partial charge >= 0.3 is 5.97 Å². The first-order chi connectivity index (χ1) is 12.1. The van der Waals surface area contributed by atoms with Gasteiger partial charge in [0.05, 0.1) is 0 Å². The number of halogens is 1. The van der Waals surface area contributed by atoms with E-state index < -0.39 is 5.97 Å². The van der Waals surface area contributed by atoms with Crippen LogP contribution in [0.4, 0.5) is 0 Å². The summed E-state index contributed by atoms with van der Waals surface area (Å²) in [6, 6.07) is 17.0. The van der Waals surface area contributed by atoms with E-state index in [1.165, 1.54) is 4.68 Å². The van der Waals surface area contributed by atoms with Crippen LogP contribution >= 0.6 is 15.9 Å². The van der Waals surface area contributed by atoms with Crippen LogP contribution in [0.1, 0.15) is 17.0 Å². The normalized spacial score (nSPS) is 11.4. The van der Waals surface area contributed by atoms with Gasteiger partial charge in [-0.3, -0.25) is 0 Å². The summed E-state index contributed by atoms with van der Waals surface area (Å²) in [4.78, 5) is 12.6. The molecule has 7 heteroatoms. The predicted molar refractivity (Wildman–Crippen MR) is 97.1 cm³/mol. The third kappa shape index (κ3) is 4.39. The van der Waals surface area contributed by atoms with Crippen LogP contribution in [0.2, 0.25) is 0 Å². The Labute approximate surface area is 153 Å². The molecule has 0 aliphatic heterocycles. The minimum atomic E-state index is -0.498. The Morgan fingerprint density at radius 1 is 1.16 bits per heavy atom. The van der Waals surface area contributed by atoms with E-state index in [1.54, 1.807) is 13.0 Å². The summed E-state index contributed by atoms with van der Waals surface area (Å²) in [5.41, 5.74) is 2.00. The summed E-state index contributed by atoms with van der Waals surface area (Å²) >= 11 is 3.38. The lowest BCUT2D eigenvalue weighted by Crippen LogP contribution is -2.15. The third-order valence-corrected chi connectivity index (χ3v) is 3.98. The molecule has 0 saturated carbocycles. The van der Waals surface area contributed by atoms with Crippen molar-refractivity contribution in [2.75, 3.05) is 0 Å². The van der Waals surface area contributed by atoms with Crippen molar-refractivity contribution in [2.24, 2.45) is 0 Å². The average Bonchev–Trinajstić information content (AvgIpc) is 3.05. The van der Waals surface area contributed by atoms with Gasteiger partial charge in [-0.25, -0.2) is 4.79 Å². The van der Waals surface area contributed by atoms with Crippen LogP contribution in [0.3, 0.4) is 0 Å². The first-order valence-electron chi connectivity index (χ1n) is 7.57. The molecule has 126 valence electrons. The number of benzene rings is 2.